The highest BCUT2D eigenvalue weighted by Crippen LogP contribution is 2.58. The first-order valence-corrected chi connectivity index (χ1v) is 8.19. The van der Waals surface area contributed by atoms with Gasteiger partial charge in [-0.25, -0.2) is 4.79 Å². The van der Waals surface area contributed by atoms with Crippen molar-refractivity contribution in [3.05, 3.63) is 0 Å². The maximum absolute atomic E-state index is 12.1. The number of fused-ring (bicyclic) bond motifs is 1. The van der Waals surface area contributed by atoms with Crippen LogP contribution in [0.25, 0.3) is 0 Å². The molecular weight excluding hydrogens is 315 g/mol. The quantitative estimate of drug-likeness (QED) is 0.639. The van der Waals surface area contributed by atoms with Crippen LogP contribution in [0.2, 0.25) is 5.82 Å². The van der Waals surface area contributed by atoms with Gasteiger partial charge in [0.15, 0.2) is 0 Å². The molecule has 1 amide bonds. The van der Waals surface area contributed by atoms with Crippen molar-refractivity contribution in [3.8, 4) is 0 Å². The molecule has 2 unspecified atom stereocenters. The van der Waals surface area contributed by atoms with Crippen molar-refractivity contribution in [2.75, 3.05) is 33.2 Å². The molecule has 132 valence electrons. The lowest BCUT2D eigenvalue weighted by Crippen LogP contribution is -2.44. The van der Waals surface area contributed by atoms with Crippen LogP contribution in [0.1, 0.15) is 20.8 Å². The van der Waals surface area contributed by atoms with Crippen LogP contribution in [0.5, 0.6) is 0 Å². The second kappa shape index (κ2) is 5.95. The van der Waals surface area contributed by atoms with E-state index in [2.05, 4.69) is 0 Å². The van der Waals surface area contributed by atoms with E-state index in [0.29, 0.717) is 13.1 Å². The molecule has 3 rings (SSSR count). The number of likely N-dealkylation sites (N-methyl/N-ethyl adjacent to an activating group) is 1. The normalized spacial score (nSPS) is 30.9. The molecule has 0 spiro atoms. The lowest BCUT2D eigenvalue weighted by atomic mass is 9.78. The second-order valence-corrected chi connectivity index (χ2v) is 7.81. The van der Waals surface area contributed by atoms with Gasteiger partial charge in [-0.05, 0) is 39.7 Å². The number of carbonyl (C=O) groups excluding carboxylic acids is 3. The van der Waals surface area contributed by atoms with Crippen molar-refractivity contribution in [3.63, 3.8) is 0 Å². The molecule has 3 fully saturated rings. The first-order chi connectivity index (χ1) is 11.1. The van der Waals surface area contributed by atoms with Crippen LogP contribution in [0, 0.1) is 11.8 Å². The van der Waals surface area contributed by atoms with Gasteiger partial charge in [0.1, 0.15) is 5.60 Å². The molecule has 0 N–H and O–H groups in total. The van der Waals surface area contributed by atoms with E-state index in [1.807, 2.05) is 20.8 Å². The topological polar surface area (TPSA) is 85.4 Å². The summed E-state index contributed by atoms with van der Waals surface area (Å²) in [6, 6.07) is 0. The molecule has 2 heterocycles. The van der Waals surface area contributed by atoms with Gasteiger partial charge in [-0.1, -0.05) is 0 Å². The molecule has 2 atom stereocenters. The lowest BCUT2D eigenvalue weighted by Gasteiger charge is -2.27. The van der Waals surface area contributed by atoms with Crippen molar-refractivity contribution >= 4 is 25.2 Å². The van der Waals surface area contributed by atoms with Gasteiger partial charge in [0.2, 0.25) is 0 Å². The highest BCUT2D eigenvalue weighted by molar-refractivity contribution is 6.52. The number of nitrogens with zero attached hydrogens (tertiary/aromatic N) is 2. The highest BCUT2D eigenvalue weighted by atomic mass is 16.6. The van der Waals surface area contributed by atoms with Gasteiger partial charge in [-0.15, -0.1) is 0 Å². The third kappa shape index (κ3) is 3.66. The summed E-state index contributed by atoms with van der Waals surface area (Å²) in [6.07, 6.45) is -0.332. The molecule has 2 saturated heterocycles. The number of piperidine rings is 1. The molecule has 0 bridgehead atoms. The fourth-order valence-corrected chi connectivity index (χ4v) is 3.46. The van der Waals surface area contributed by atoms with Crippen molar-refractivity contribution in [2.24, 2.45) is 11.8 Å². The summed E-state index contributed by atoms with van der Waals surface area (Å²) >= 11 is 0. The summed E-state index contributed by atoms with van der Waals surface area (Å²) in [5.74, 6) is -0.464. The summed E-state index contributed by atoms with van der Waals surface area (Å²) in [7, 11) is 0.822. The molecule has 0 aromatic rings. The Morgan fingerprint density at radius 3 is 2.08 bits per heavy atom. The average Bonchev–Trinajstić information content (AvgIpc) is 2.87. The molecule has 2 aliphatic heterocycles. The van der Waals surface area contributed by atoms with Gasteiger partial charge in [0, 0.05) is 18.9 Å². The minimum atomic E-state index is -0.838. The van der Waals surface area contributed by atoms with Crippen molar-refractivity contribution in [1.82, 2.24) is 9.80 Å². The van der Waals surface area contributed by atoms with E-state index in [9.17, 15) is 14.4 Å². The standard InChI is InChI=1S/C15H23BN2O6/c1-15(2,3)22-14(21)18-5-9-10(6-18)13(9)16-23-11(19)7-17(4)8-12(20)24-16/h9-10,13H,5-8H2,1-4H3. The number of carbonyl (C=O) groups is 3. The van der Waals surface area contributed by atoms with Gasteiger partial charge in [-0.3, -0.25) is 14.5 Å². The van der Waals surface area contributed by atoms with Gasteiger partial charge < -0.3 is 18.9 Å². The molecule has 0 aromatic carbocycles. The number of ether oxygens (including phenoxy) is 1. The van der Waals surface area contributed by atoms with Crippen LogP contribution < -0.4 is 0 Å². The first kappa shape index (κ1) is 17.1. The SMILES string of the molecule is CN1CC(=O)OB(C2C3CN(C(=O)OC(C)(C)C)CC32)OC(=O)C1. The average molecular weight is 338 g/mol. The third-order valence-corrected chi connectivity index (χ3v) is 4.52. The highest BCUT2D eigenvalue weighted by Gasteiger charge is 2.66. The minimum Gasteiger partial charge on any atom is -0.498 e. The Balaban J connectivity index is 1.56. The maximum Gasteiger partial charge on any atom is 0.602 e. The number of likely N-dealkylation sites (tertiary alicyclic amines) is 1. The summed E-state index contributed by atoms with van der Waals surface area (Å²) in [4.78, 5) is 38.9. The Morgan fingerprint density at radius 2 is 1.62 bits per heavy atom. The zero-order chi connectivity index (χ0) is 17.6. The van der Waals surface area contributed by atoms with E-state index in [-0.39, 0.29) is 36.8 Å². The molecule has 1 aliphatic carbocycles. The monoisotopic (exact) mass is 338 g/mol. The van der Waals surface area contributed by atoms with E-state index in [0.717, 1.165) is 0 Å². The second-order valence-electron chi connectivity index (χ2n) is 7.81. The summed E-state index contributed by atoms with van der Waals surface area (Å²) in [5.41, 5.74) is -0.528. The Morgan fingerprint density at radius 1 is 1.12 bits per heavy atom. The third-order valence-electron chi connectivity index (χ3n) is 4.52. The van der Waals surface area contributed by atoms with Gasteiger partial charge in [-0.2, -0.15) is 0 Å². The summed E-state index contributed by atoms with van der Waals surface area (Å²) in [6.45, 7) is 6.69. The summed E-state index contributed by atoms with van der Waals surface area (Å²) < 4.78 is 16.0. The van der Waals surface area contributed by atoms with Crippen LogP contribution in [0.15, 0.2) is 0 Å². The zero-order valence-electron chi connectivity index (χ0n) is 14.5. The van der Waals surface area contributed by atoms with Crippen LogP contribution in [-0.2, 0) is 23.6 Å². The van der Waals surface area contributed by atoms with Gasteiger partial charge >= 0.3 is 25.2 Å². The molecule has 9 heteroatoms. The minimum absolute atomic E-state index is 0.0278. The molecule has 3 aliphatic rings. The Labute approximate surface area is 141 Å². The molecule has 8 nitrogen and oxygen atoms in total. The van der Waals surface area contributed by atoms with Crippen LogP contribution in [0.4, 0.5) is 4.79 Å². The van der Waals surface area contributed by atoms with Gasteiger partial charge in [0.05, 0.1) is 13.1 Å². The maximum atomic E-state index is 12.1. The Bertz CT molecular complexity index is 531. The number of rotatable bonds is 1. The number of amides is 1. The fraction of sp³-hybridized carbons (Fsp3) is 0.800. The van der Waals surface area contributed by atoms with Crippen molar-refractivity contribution in [1.29, 1.82) is 0 Å². The van der Waals surface area contributed by atoms with Crippen molar-refractivity contribution < 1.29 is 28.4 Å². The number of hydrogen-bond donors (Lipinski definition) is 0. The molecule has 0 radical (unpaired) electrons. The lowest BCUT2D eigenvalue weighted by molar-refractivity contribution is -0.145. The van der Waals surface area contributed by atoms with E-state index in [4.69, 9.17) is 14.0 Å². The molecule has 1 saturated carbocycles. The fourth-order valence-electron chi connectivity index (χ4n) is 3.46. The van der Waals surface area contributed by atoms with Crippen LogP contribution in [0.3, 0.4) is 0 Å². The Kier molecular flexibility index (Phi) is 4.23. The predicted octanol–water partition coefficient (Wildman–Crippen LogP) is 0.373. The van der Waals surface area contributed by atoms with E-state index in [1.165, 1.54) is 0 Å². The molecule has 0 aromatic heterocycles. The Hall–Kier alpha value is -1.77. The number of hydrogen-bond acceptors (Lipinski definition) is 7. The first-order valence-electron chi connectivity index (χ1n) is 8.19. The summed E-state index contributed by atoms with van der Waals surface area (Å²) in [5, 5.41) is 0. The smallest absolute Gasteiger partial charge is 0.498 e. The predicted molar refractivity (Wildman–Crippen MR) is 84.0 cm³/mol. The van der Waals surface area contributed by atoms with Crippen LogP contribution in [-0.4, -0.2) is 73.8 Å². The largest absolute Gasteiger partial charge is 0.602 e. The van der Waals surface area contributed by atoms with E-state index in [1.54, 1.807) is 16.8 Å². The van der Waals surface area contributed by atoms with E-state index >= 15 is 0 Å². The molecule has 24 heavy (non-hydrogen) atoms. The van der Waals surface area contributed by atoms with Crippen LogP contribution >= 0.6 is 0 Å². The molecular formula is C15H23BN2O6. The van der Waals surface area contributed by atoms with E-state index < -0.39 is 24.7 Å². The zero-order valence-corrected chi connectivity index (χ0v) is 14.5. The van der Waals surface area contributed by atoms with Crippen molar-refractivity contribution in [2.45, 2.75) is 32.2 Å². The van der Waals surface area contributed by atoms with Gasteiger partial charge in [0.25, 0.3) is 0 Å².